The van der Waals surface area contributed by atoms with Gasteiger partial charge in [-0.05, 0) is 33.6 Å². The molecule has 0 aliphatic heterocycles. The highest BCUT2D eigenvalue weighted by molar-refractivity contribution is 7.99. The monoisotopic (exact) mass is 271 g/mol. The molecule has 0 radical (unpaired) electrons. The number of primary amides is 1. The van der Waals surface area contributed by atoms with Crippen LogP contribution in [0.4, 0.5) is 0 Å². The van der Waals surface area contributed by atoms with E-state index < -0.39 is 5.54 Å². The van der Waals surface area contributed by atoms with Crippen molar-refractivity contribution in [1.29, 1.82) is 0 Å². The Balaban J connectivity index is 2.36. The van der Waals surface area contributed by atoms with E-state index in [4.69, 9.17) is 10.2 Å². The fourth-order valence-corrected chi connectivity index (χ4v) is 2.49. The van der Waals surface area contributed by atoms with Crippen LogP contribution in [0.1, 0.15) is 33.6 Å². The van der Waals surface area contributed by atoms with Gasteiger partial charge in [0.1, 0.15) is 6.26 Å². The molecule has 102 valence electrons. The van der Waals surface area contributed by atoms with Crippen molar-refractivity contribution in [2.75, 3.05) is 5.75 Å². The Bertz CT molecular complexity index is 367. The molecule has 5 nitrogen and oxygen atoms in total. The highest BCUT2D eigenvalue weighted by Crippen LogP contribution is 2.20. The van der Waals surface area contributed by atoms with Crippen molar-refractivity contribution in [3.8, 4) is 0 Å². The summed E-state index contributed by atoms with van der Waals surface area (Å²) in [6.45, 7) is 5.86. The van der Waals surface area contributed by atoms with Crippen LogP contribution in [0.15, 0.2) is 22.1 Å². The summed E-state index contributed by atoms with van der Waals surface area (Å²) in [5, 5.41) is 3.89. The fraction of sp³-hybridized carbons (Fsp3) is 0.667. The van der Waals surface area contributed by atoms with Crippen LogP contribution in [-0.2, 0) is 4.79 Å². The molecule has 0 aromatic carbocycles. The van der Waals surface area contributed by atoms with E-state index in [0.717, 1.165) is 12.2 Å². The number of thioether (sulfide) groups is 1. The summed E-state index contributed by atoms with van der Waals surface area (Å²) < 4.78 is 5.12. The van der Waals surface area contributed by atoms with Gasteiger partial charge in [-0.2, -0.15) is 0 Å². The molecule has 1 aromatic heterocycles. The Kier molecular flexibility index (Phi) is 5.68. The van der Waals surface area contributed by atoms with Crippen LogP contribution in [0.3, 0.4) is 0 Å². The Labute approximate surface area is 112 Å². The summed E-state index contributed by atoms with van der Waals surface area (Å²) in [7, 11) is 0. The van der Waals surface area contributed by atoms with Crippen molar-refractivity contribution in [3.63, 3.8) is 0 Å². The lowest BCUT2D eigenvalue weighted by Crippen LogP contribution is -2.55. The minimum Gasteiger partial charge on any atom is -0.440 e. The van der Waals surface area contributed by atoms with Crippen LogP contribution >= 0.6 is 11.8 Å². The maximum absolute atomic E-state index is 11.5. The molecule has 3 N–H and O–H groups in total. The van der Waals surface area contributed by atoms with Crippen molar-refractivity contribution in [2.45, 2.75) is 50.4 Å². The zero-order chi connectivity index (χ0) is 13.6. The van der Waals surface area contributed by atoms with Gasteiger partial charge in [0.15, 0.2) is 0 Å². The predicted octanol–water partition coefficient (Wildman–Crippen LogP) is 1.79. The first-order valence-electron chi connectivity index (χ1n) is 6.04. The Morgan fingerprint density at radius 2 is 2.39 bits per heavy atom. The maximum Gasteiger partial charge on any atom is 0.255 e. The minimum absolute atomic E-state index is 0.224. The summed E-state index contributed by atoms with van der Waals surface area (Å²) in [4.78, 5) is 15.5. The van der Waals surface area contributed by atoms with Crippen LogP contribution in [0, 0.1) is 0 Å². The molecule has 1 aromatic rings. The number of hydrogen-bond acceptors (Lipinski definition) is 5. The topological polar surface area (TPSA) is 81.2 Å². The van der Waals surface area contributed by atoms with Gasteiger partial charge in [0, 0.05) is 11.8 Å². The smallest absolute Gasteiger partial charge is 0.255 e. The van der Waals surface area contributed by atoms with E-state index in [1.54, 1.807) is 24.2 Å². The normalized spacial score (nSPS) is 14.7. The third kappa shape index (κ3) is 4.70. The van der Waals surface area contributed by atoms with Gasteiger partial charge in [-0.3, -0.25) is 4.79 Å². The van der Waals surface area contributed by atoms with Crippen molar-refractivity contribution < 1.29 is 9.21 Å². The van der Waals surface area contributed by atoms with Gasteiger partial charge in [0.2, 0.25) is 5.91 Å². The average Bonchev–Trinajstić information content (AvgIpc) is 2.76. The first kappa shape index (κ1) is 15.0. The number of rotatable bonds is 8. The number of carbonyl (C=O) groups is 1. The van der Waals surface area contributed by atoms with E-state index in [2.05, 4.69) is 10.3 Å². The largest absolute Gasteiger partial charge is 0.440 e. The molecule has 0 saturated heterocycles. The number of aromatic nitrogens is 1. The standard InChI is InChI=1S/C12H21N3O2S/c1-9(2)15-12(3,10(13)16)5-4-8-18-11-14-6-7-17-11/h6-7,9,15H,4-5,8H2,1-3H3,(H2,13,16). The van der Waals surface area contributed by atoms with Gasteiger partial charge in [0.25, 0.3) is 5.22 Å². The summed E-state index contributed by atoms with van der Waals surface area (Å²) in [6.07, 6.45) is 4.74. The molecule has 0 saturated carbocycles. The first-order chi connectivity index (χ1) is 8.44. The molecule has 1 amide bonds. The molecule has 1 heterocycles. The Morgan fingerprint density at radius 1 is 1.67 bits per heavy atom. The van der Waals surface area contributed by atoms with E-state index in [-0.39, 0.29) is 11.9 Å². The fourth-order valence-electron chi connectivity index (χ4n) is 1.77. The summed E-state index contributed by atoms with van der Waals surface area (Å²) in [5.74, 6) is 0.542. The molecule has 0 fully saturated rings. The Hall–Kier alpha value is -1.01. The van der Waals surface area contributed by atoms with Crippen LogP contribution < -0.4 is 11.1 Å². The highest BCUT2D eigenvalue weighted by atomic mass is 32.2. The van der Waals surface area contributed by atoms with E-state index in [9.17, 15) is 4.79 Å². The molecule has 0 aliphatic rings. The van der Waals surface area contributed by atoms with E-state index in [1.807, 2.05) is 20.8 Å². The number of hydrogen-bond donors (Lipinski definition) is 2. The molecular weight excluding hydrogens is 250 g/mol. The van der Waals surface area contributed by atoms with E-state index in [0.29, 0.717) is 11.6 Å². The van der Waals surface area contributed by atoms with Crippen LogP contribution in [0.25, 0.3) is 0 Å². The van der Waals surface area contributed by atoms with Crippen LogP contribution in [0.2, 0.25) is 0 Å². The highest BCUT2D eigenvalue weighted by Gasteiger charge is 2.30. The van der Waals surface area contributed by atoms with Gasteiger partial charge in [-0.25, -0.2) is 4.98 Å². The quantitative estimate of drug-likeness (QED) is 0.556. The van der Waals surface area contributed by atoms with E-state index in [1.165, 1.54) is 0 Å². The number of nitrogens with zero attached hydrogens (tertiary/aromatic N) is 1. The number of carbonyl (C=O) groups excluding carboxylic acids is 1. The van der Waals surface area contributed by atoms with Gasteiger partial charge in [-0.15, -0.1) is 0 Å². The maximum atomic E-state index is 11.5. The second kappa shape index (κ2) is 6.80. The molecule has 6 heteroatoms. The molecule has 1 unspecified atom stereocenters. The molecule has 18 heavy (non-hydrogen) atoms. The SMILES string of the molecule is CC(C)NC(C)(CCCSc1ncco1)C(N)=O. The lowest BCUT2D eigenvalue weighted by molar-refractivity contribution is -0.124. The first-order valence-corrected chi connectivity index (χ1v) is 7.02. The lowest BCUT2D eigenvalue weighted by atomic mass is 9.94. The zero-order valence-electron chi connectivity index (χ0n) is 11.1. The molecular formula is C12H21N3O2S. The summed E-state index contributed by atoms with van der Waals surface area (Å²) >= 11 is 1.54. The zero-order valence-corrected chi connectivity index (χ0v) is 11.9. The van der Waals surface area contributed by atoms with Crippen LogP contribution in [0.5, 0.6) is 0 Å². The summed E-state index contributed by atoms with van der Waals surface area (Å²) in [5.41, 5.74) is 4.81. The third-order valence-corrected chi connectivity index (χ3v) is 3.55. The van der Waals surface area contributed by atoms with Crippen LogP contribution in [-0.4, -0.2) is 28.2 Å². The second-order valence-corrected chi connectivity index (χ2v) is 5.79. The molecule has 0 bridgehead atoms. The number of oxazole rings is 1. The van der Waals surface area contributed by atoms with Crippen molar-refractivity contribution in [2.24, 2.45) is 5.73 Å². The average molecular weight is 271 g/mol. The van der Waals surface area contributed by atoms with Gasteiger partial charge in [0.05, 0.1) is 11.7 Å². The molecule has 0 spiro atoms. The number of nitrogens with two attached hydrogens (primary N) is 1. The number of nitrogens with one attached hydrogen (secondary N) is 1. The number of amides is 1. The van der Waals surface area contributed by atoms with Crippen molar-refractivity contribution in [1.82, 2.24) is 10.3 Å². The van der Waals surface area contributed by atoms with Crippen molar-refractivity contribution >= 4 is 17.7 Å². The summed E-state index contributed by atoms with van der Waals surface area (Å²) in [6, 6.07) is 0.224. The van der Waals surface area contributed by atoms with Gasteiger partial charge in [-0.1, -0.05) is 11.8 Å². The Morgan fingerprint density at radius 3 is 2.89 bits per heavy atom. The third-order valence-electron chi connectivity index (χ3n) is 2.61. The lowest BCUT2D eigenvalue weighted by Gasteiger charge is -2.29. The van der Waals surface area contributed by atoms with Gasteiger partial charge < -0.3 is 15.5 Å². The molecule has 1 atom stereocenters. The molecule has 1 rings (SSSR count). The molecule has 0 aliphatic carbocycles. The van der Waals surface area contributed by atoms with Crippen molar-refractivity contribution in [3.05, 3.63) is 12.5 Å². The second-order valence-electron chi connectivity index (χ2n) is 4.75. The van der Waals surface area contributed by atoms with Gasteiger partial charge >= 0.3 is 0 Å². The van der Waals surface area contributed by atoms with E-state index >= 15 is 0 Å². The minimum atomic E-state index is -0.648. The predicted molar refractivity (Wildman–Crippen MR) is 72.3 cm³/mol.